The second-order valence-corrected chi connectivity index (χ2v) is 5.25. The number of pyridine rings is 1. The molecule has 0 bridgehead atoms. The molecular formula is C15H25N3O. The number of rotatable bonds is 5. The molecule has 0 aromatic carbocycles. The molecule has 0 aliphatic carbocycles. The molecular weight excluding hydrogens is 238 g/mol. The Bertz CT molecular complexity index is 366. The minimum absolute atomic E-state index is 0.334. The average molecular weight is 263 g/mol. The first-order valence-corrected chi connectivity index (χ1v) is 7.30. The van der Waals surface area contributed by atoms with Gasteiger partial charge in [-0.1, -0.05) is 13.0 Å². The van der Waals surface area contributed by atoms with Crippen LogP contribution in [0.15, 0.2) is 18.3 Å². The van der Waals surface area contributed by atoms with Crippen molar-refractivity contribution in [2.45, 2.75) is 39.3 Å². The third kappa shape index (κ3) is 4.80. The third-order valence-corrected chi connectivity index (χ3v) is 3.32. The molecule has 4 heteroatoms. The van der Waals surface area contributed by atoms with Crippen molar-refractivity contribution in [3.05, 3.63) is 23.9 Å². The zero-order valence-corrected chi connectivity index (χ0v) is 12.1. The van der Waals surface area contributed by atoms with Crippen LogP contribution in [0.25, 0.3) is 0 Å². The lowest BCUT2D eigenvalue weighted by atomic mass is 10.2. The van der Waals surface area contributed by atoms with Gasteiger partial charge in [0, 0.05) is 39.0 Å². The summed E-state index contributed by atoms with van der Waals surface area (Å²) in [6, 6.07) is 4.24. The fourth-order valence-electron chi connectivity index (χ4n) is 2.36. The van der Waals surface area contributed by atoms with Crippen molar-refractivity contribution in [1.29, 1.82) is 0 Å². The lowest BCUT2D eigenvalue weighted by Gasteiger charge is -2.21. The van der Waals surface area contributed by atoms with Gasteiger partial charge in [0.15, 0.2) is 0 Å². The molecule has 2 heterocycles. The van der Waals surface area contributed by atoms with E-state index in [1.807, 2.05) is 6.20 Å². The Morgan fingerprint density at radius 1 is 1.47 bits per heavy atom. The highest BCUT2D eigenvalue weighted by atomic mass is 16.5. The summed E-state index contributed by atoms with van der Waals surface area (Å²) in [5.41, 5.74) is 1.27. The largest absolute Gasteiger partial charge is 0.377 e. The summed E-state index contributed by atoms with van der Waals surface area (Å²) in [5.74, 6) is 0.971. The van der Waals surface area contributed by atoms with Crippen molar-refractivity contribution >= 4 is 5.82 Å². The van der Waals surface area contributed by atoms with Crippen molar-refractivity contribution in [3.8, 4) is 0 Å². The molecule has 1 saturated heterocycles. The van der Waals surface area contributed by atoms with E-state index in [9.17, 15) is 0 Å². The Morgan fingerprint density at radius 2 is 2.37 bits per heavy atom. The number of nitrogens with one attached hydrogen (secondary N) is 1. The molecule has 1 aromatic rings. The topological polar surface area (TPSA) is 37.4 Å². The highest BCUT2D eigenvalue weighted by Crippen LogP contribution is 2.11. The lowest BCUT2D eigenvalue weighted by Crippen LogP contribution is -2.29. The van der Waals surface area contributed by atoms with Gasteiger partial charge in [0.05, 0.1) is 6.10 Å². The van der Waals surface area contributed by atoms with Crippen molar-refractivity contribution in [2.75, 3.05) is 31.6 Å². The maximum Gasteiger partial charge on any atom is 0.125 e. The van der Waals surface area contributed by atoms with Gasteiger partial charge in [0.25, 0.3) is 0 Å². The minimum Gasteiger partial charge on any atom is -0.377 e. The van der Waals surface area contributed by atoms with Gasteiger partial charge in [-0.15, -0.1) is 0 Å². The van der Waals surface area contributed by atoms with E-state index < -0.39 is 0 Å². The van der Waals surface area contributed by atoms with Crippen LogP contribution in [0.3, 0.4) is 0 Å². The Balaban J connectivity index is 1.87. The number of nitrogens with zero attached hydrogens (tertiary/aromatic N) is 2. The van der Waals surface area contributed by atoms with E-state index in [4.69, 9.17) is 4.74 Å². The van der Waals surface area contributed by atoms with Crippen molar-refractivity contribution in [1.82, 2.24) is 9.88 Å². The minimum atomic E-state index is 0.334. The van der Waals surface area contributed by atoms with Crippen molar-refractivity contribution < 1.29 is 4.74 Å². The van der Waals surface area contributed by atoms with Gasteiger partial charge in [-0.25, -0.2) is 4.98 Å². The first kappa shape index (κ1) is 14.3. The fourth-order valence-corrected chi connectivity index (χ4v) is 2.36. The van der Waals surface area contributed by atoms with Gasteiger partial charge >= 0.3 is 0 Å². The molecule has 0 amide bonds. The molecule has 1 aromatic heterocycles. The van der Waals surface area contributed by atoms with Crippen LogP contribution in [-0.4, -0.2) is 42.2 Å². The molecule has 0 radical (unpaired) electrons. The second kappa shape index (κ2) is 7.46. The zero-order valence-electron chi connectivity index (χ0n) is 12.1. The highest BCUT2D eigenvalue weighted by Gasteiger charge is 2.15. The summed E-state index contributed by atoms with van der Waals surface area (Å²) in [7, 11) is 0. The van der Waals surface area contributed by atoms with Crippen molar-refractivity contribution in [2.24, 2.45) is 0 Å². The summed E-state index contributed by atoms with van der Waals surface area (Å²) in [6.07, 6.45) is 4.55. The summed E-state index contributed by atoms with van der Waals surface area (Å²) in [5, 5.41) is 3.30. The SMILES string of the molecule is CCCNc1ccc(CN2CCCOC(C)C2)cn1. The molecule has 1 atom stereocenters. The number of hydrogen-bond donors (Lipinski definition) is 1. The average Bonchev–Trinajstić information content (AvgIpc) is 2.62. The van der Waals surface area contributed by atoms with Gasteiger partial charge in [0.2, 0.25) is 0 Å². The first-order chi connectivity index (χ1) is 9.28. The van der Waals surface area contributed by atoms with Crippen molar-refractivity contribution in [3.63, 3.8) is 0 Å². The number of ether oxygens (including phenoxy) is 1. The second-order valence-electron chi connectivity index (χ2n) is 5.25. The van der Waals surface area contributed by atoms with Gasteiger partial charge in [0.1, 0.15) is 5.82 Å². The van der Waals surface area contributed by atoms with Gasteiger partial charge < -0.3 is 10.1 Å². The number of hydrogen-bond acceptors (Lipinski definition) is 4. The Labute approximate surface area is 116 Å². The van der Waals surface area contributed by atoms with Gasteiger partial charge in [-0.2, -0.15) is 0 Å². The molecule has 106 valence electrons. The van der Waals surface area contributed by atoms with Crippen LogP contribution < -0.4 is 5.32 Å². The molecule has 0 saturated carbocycles. The van der Waals surface area contributed by atoms with Crippen LogP contribution in [-0.2, 0) is 11.3 Å². The molecule has 1 fully saturated rings. The van der Waals surface area contributed by atoms with E-state index in [2.05, 4.69) is 41.2 Å². The van der Waals surface area contributed by atoms with Crippen LogP contribution in [0, 0.1) is 0 Å². The van der Waals surface area contributed by atoms with Gasteiger partial charge in [-0.3, -0.25) is 4.90 Å². The zero-order chi connectivity index (χ0) is 13.5. The molecule has 2 rings (SSSR count). The van der Waals surface area contributed by atoms with E-state index in [0.717, 1.165) is 51.4 Å². The van der Waals surface area contributed by atoms with E-state index in [0.29, 0.717) is 6.10 Å². The van der Waals surface area contributed by atoms with E-state index in [-0.39, 0.29) is 0 Å². The highest BCUT2D eigenvalue weighted by molar-refractivity contribution is 5.35. The van der Waals surface area contributed by atoms with E-state index >= 15 is 0 Å². The fraction of sp³-hybridized carbons (Fsp3) is 0.667. The smallest absolute Gasteiger partial charge is 0.125 e. The Kier molecular flexibility index (Phi) is 5.61. The first-order valence-electron chi connectivity index (χ1n) is 7.30. The molecule has 4 nitrogen and oxygen atoms in total. The molecule has 0 spiro atoms. The van der Waals surface area contributed by atoms with Crippen LogP contribution in [0.2, 0.25) is 0 Å². The predicted octanol–water partition coefficient (Wildman–Crippen LogP) is 2.51. The van der Waals surface area contributed by atoms with Crippen LogP contribution in [0.4, 0.5) is 5.82 Å². The maximum atomic E-state index is 5.67. The summed E-state index contributed by atoms with van der Waals surface area (Å²) < 4.78 is 5.67. The number of aromatic nitrogens is 1. The van der Waals surface area contributed by atoms with Gasteiger partial charge in [-0.05, 0) is 31.4 Å². The van der Waals surface area contributed by atoms with Crippen LogP contribution in [0.5, 0.6) is 0 Å². The Hall–Kier alpha value is -1.13. The summed E-state index contributed by atoms with van der Waals surface area (Å²) >= 11 is 0. The molecule has 19 heavy (non-hydrogen) atoms. The third-order valence-electron chi connectivity index (χ3n) is 3.32. The van der Waals surface area contributed by atoms with Crippen LogP contribution in [0.1, 0.15) is 32.3 Å². The normalized spacial score (nSPS) is 21.1. The number of anilines is 1. The van der Waals surface area contributed by atoms with E-state index in [1.165, 1.54) is 5.56 Å². The monoisotopic (exact) mass is 263 g/mol. The predicted molar refractivity (Wildman–Crippen MR) is 78.3 cm³/mol. The lowest BCUT2D eigenvalue weighted by molar-refractivity contribution is 0.0668. The summed E-state index contributed by atoms with van der Waals surface area (Å²) in [6.45, 7) is 9.26. The molecule has 1 aliphatic rings. The summed E-state index contributed by atoms with van der Waals surface area (Å²) in [4.78, 5) is 6.91. The quantitative estimate of drug-likeness (QED) is 0.886. The Morgan fingerprint density at radius 3 is 3.11 bits per heavy atom. The molecule has 1 N–H and O–H groups in total. The maximum absolute atomic E-state index is 5.67. The van der Waals surface area contributed by atoms with Crippen LogP contribution >= 0.6 is 0 Å². The molecule has 1 unspecified atom stereocenters. The molecule has 1 aliphatic heterocycles. The van der Waals surface area contributed by atoms with E-state index in [1.54, 1.807) is 0 Å². The standard InChI is InChI=1S/C15H25N3O/c1-3-7-16-15-6-5-14(10-17-15)12-18-8-4-9-19-13(2)11-18/h5-6,10,13H,3-4,7-9,11-12H2,1-2H3,(H,16,17).